The summed E-state index contributed by atoms with van der Waals surface area (Å²) >= 11 is 1.80. The van der Waals surface area contributed by atoms with Crippen molar-refractivity contribution in [1.29, 1.82) is 0 Å². The zero-order chi connectivity index (χ0) is 16.4. The van der Waals surface area contributed by atoms with Crippen molar-refractivity contribution in [3.63, 3.8) is 0 Å². The number of hydrogen-bond donors (Lipinski definition) is 0. The van der Waals surface area contributed by atoms with Gasteiger partial charge in [0.25, 0.3) is 16.4 Å². The SMILES string of the molecule is O=C1CSC(=O)N1CCN1C(=O)S/C(=C/c2ccccc2)C1=O. The average Bonchev–Trinajstić information content (AvgIpc) is 2.99. The second kappa shape index (κ2) is 6.59. The number of hydrogen-bond acceptors (Lipinski definition) is 6. The molecule has 2 fully saturated rings. The Bertz CT molecular complexity index is 701. The van der Waals surface area contributed by atoms with Crippen LogP contribution < -0.4 is 0 Å². The van der Waals surface area contributed by atoms with E-state index in [2.05, 4.69) is 0 Å². The predicted molar refractivity (Wildman–Crippen MR) is 88.7 cm³/mol. The molecule has 0 N–H and O–H groups in total. The molecule has 0 spiro atoms. The van der Waals surface area contributed by atoms with E-state index in [0.29, 0.717) is 4.91 Å². The van der Waals surface area contributed by atoms with Crippen molar-refractivity contribution < 1.29 is 19.2 Å². The number of carbonyl (C=O) groups excluding carboxylic acids is 4. The molecule has 1 aromatic rings. The largest absolute Gasteiger partial charge is 0.293 e. The highest BCUT2D eigenvalue weighted by Gasteiger charge is 2.37. The van der Waals surface area contributed by atoms with Crippen molar-refractivity contribution in [3.05, 3.63) is 40.8 Å². The van der Waals surface area contributed by atoms with Crippen LogP contribution in [0.1, 0.15) is 5.56 Å². The normalized spacial score (nSPS) is 20.3. The monoisotopic (exact) mass is 348 g/mol. The van der Waals surface area contributed by atoms with Crippen LogP contribution in [0.2, 0.25) is 0 Å². The number of imide groups is 2. The minimum Gasteiger partial charge on any atom is -0.273 e. The number of nitrogens with zero attached hydrogens (tertiary/aromatic N) is 2. The molecule has 2 aliphatic rings. The lowest BCUT2D eigenvalue weighted by molar-refractivity contribution is -0.126. The summed E-state index contributed by atoms with van der Waals surface area (Å²) in [6.07, 6.45) is 1.66. The molecule has 0 aliphatic carbocycles. The van der Waals surface area contributed by atoms with Gasteiger partial charge in [-0.05, 0) is 23.4 Å². The number of rotatable bonds is 4. The lowest BCUT2D eigenvalue weighted by Gasteiger charge is -2.17. The first-order chi connectivity index (χ1) is 11.1. The Balaban J connectivity index is 1.68. The molecule has 0 unspecified atom stereocenters. The fourth-order valence-corrected chi connectivity index (χ4v) is 3.81. The van der Waals surface area contributed by atoms with E-state index in [1.54, 1.807) is 6.08 Å². The zero-order valence-electron chi connectivity index (χ0n) is 11.9. The van der Waals surface area contributed by atoms with E-state index in [1.165, 1.54) is 0 Å². The number of thioether (sulfide) groups is 2. The van der Waals surface area contributed by atoms with Crippen molar-refractivity contribution in [1.82, 2.24) is 9.80 Å². The molecule has 8 heteroatoms. The number of benzene rings is 1. The molecule has 3 rings (SSSR count). The molecule has 6 nitrogen and oxygen atoms in total. The maximum atomic E-state index is 12.3. The Morgan fingerprint density at radius 2 is 1.65 bits per heavy atom. The Morgan fingerprint density at radius 3 is 2.30 bits per heavy atom. The zero-order valence-corrected chi connectivity index (χ0v) is 13.6. The van der Waals surface area contributed by atoms with Gasteiger partial charge in [-0.15, -0.1) is 0 Å². The Hall–Kier alpha value is -2.06. The average molecular weight is 348 g/mol. The summed E-state index contributed by atoms with van der Waals surface area (Å²) in [5.41, 5.74) is 0.833. The molecule has 0 bridgehead atoms. The first-order valence-corrected chi connectivity index (χ1v) is 8.64. The van der Waals surface area contributed by atoms with Crippen LogP contribution in [0.3, 0.4) is 0 Å². The summed E-state index contributed by atoms with van der Waals surface area (Å²) in [4.78, 5) is 49.8. The Labute approximate surface area is 140 Å². The van der Waals surface area contributed by atoms with Gasteiger partial charge in [0, 0.05) is 13.1 Å². The van der Waals surface area contributed by atoms with Gasteiger partial charge in [-0.2, -0.15) is 0 Å². The maximum Gasteiger partial charge on any atom is 0.293 e. The molecule has 0 aromatic heterocycles. The van der Waals surface area contributed by atoms with Crippen LogP contribution in [0, 0.1) is 0 Å². The fourth-order valence-electron chi connectivity index (χ4n) is 2.19. The minimum absolute atomic E-state index is 0.0227. The highest BCUT2D eigenvalue weighted by molar-refractivity contribution is 8.18. The molecule has 4 amide bonds. The Kier molecular flexibility index (Phi) is 4.53. The lowest BCUT2D eigenvalue weighted by Crippen LogP contribution is -2.39. The third-order valence-corrected chi connectivity index (χ3v) is 5.12. The van der Waals surface area contributed by atoms with Crippen molar-refractivity contribution in [3.8, 4) is 0 Å². The third-order valence-electron chi connectivity index (χ3n) is 3.36. The summed E-state index contributed by atoms with van der Waals surface area (Å²) < 4.78 is 0. The van der Waals surface area contributed by atoms with Crippen LogP contribution >= 0.6 is 23.5 Å². The van der Waals surface area contributed by atoms with Gasteiger partial charge >= 0.3 is 0 Å². The van der Waals surface area contributed by atoms with E-state index in [-0.39, 0.29) is 35.2 Å². The summed E-state index contributed by atoms with van der Waals surface area (Å²) in [6.45, 7) is 0.0656. The van der Waals surface area contributed by atoms with Crippen molar-refractivity contribution in [2.75, 3.05) is 18.8 Å². The molecule has 1 aromatic carbocycles. The molecule has 2 saturated heterocycles. The summed E-state index contributed by atoms with van der Waals surface area (Å²) in [7, 11) is 0. The van der Waals surface area contributed by atoms with E-state index >= 15 is 0 Å². The standard InChI is InChI=1S/C15H12N2O4S2/c18-12-9-22-14(20)16(12)6-7-17-13(19)11(23-15(17)21)8-10-4-2-1-3-5-10/h1-5,8H,6-7,9H2/b11-8+. The molecule has 118 valence electrons. The number of carbonyl (C=O) groups is 4. The van der Waals surface area contributed by atoms with Crippen LogP contribution in [-0.4, -0.2) is 50.9 Å². The van der Waals surface area contributed by atoms with Crippen LogP contribution in [0.4, 0.5) is 9.59 Å². The van der Waals surface area contributed by atoms with E-state index in [1.807, 2.05) is 30.3 Å². The van der Waals surface area contributed by atoms with Crippen LogP contribution in [0.25, 0.3) is 6.08 Å². The number of amides is 4. The minimum atomic E-state index is -0.393. The van der Waals surface area contributed by atoms with E-state index in [9.17, 15) is 19.2 Å². The molecular weight excluding hydrogens is 336 g/mol. The van der Waals surface area contributed by atoms with Gasteiger partial charge < -0.3 is 0 Å². The van der Waals surface area contributed by atoms with Gasteiger partial charge in [-0.3, -0.25) is 29.0 Å². The highest BCUT2D eigenvalue weighted by atomic mass is 32.2. The van der Waals surface area contributed by atoms with E-state index in [0.717, 1.165) is 38.9 Å². The van der Waals surface area contributed by atoms with Crippen molar-refractivity contribution >= 4 is 51.9 Å². The molecule has 0 atom stereocenters. The smallest absolute Gasteiger partial charge is 0.273 e. The van der Waals surface area contributed by atoms with Gasteiger partial charge in [0.15, 0.2) is 0 Å². The summed E-state index contributed by atoms with van der Waals surface area (Å²) in [6, 6.07) is 9.24. The second-order valence-corrected chi connectivity index (χ2v) is 6.76. The van der Waals surface area contributed by atoms with E-state index in [4.69, 9.17) is 0 Å². The topological polar surface area (TPSA) is 74.8 Å². The van der Waals surface area contributed by atoms with Gasteiger partial charge in [-0.25, -0.2) is 0 Å². The predicted octanol–water partition coefficient (Wildman–Crippen LogP) is 2.42. The molecule has 0 radical (unpaired) electrons. The second-order valence-electron chi connectivity index (χ2n) is 4.84. The van der Waals surface area contributed by atoms with Gasteiger partial charge in [-0.1, -0.05) is 42.1 Å². The maximum absolute atomic E-state index is 12.3. The van der Waals surface area contributed by atoms with Crippen molar-refractivity contribution in [2.24, 2.45) is 0 Å². The Morgan fingerprint density at radius 1 is 0.957 bits per heavy atom. The van der Waals surface area contributed by atoms with Gasteiger partial charge in [0.2, 0.25) is 5.91 Å². The third kappa shape index (κ3) is 3.32. The molecule has 2 heterocycles. The van der Waals surface area contributed by atoms with Gasteiger partial charge in [0.1, 0.15) is 0 Å². The first-order valence-electron chi connectivity index (χ1n) is 6.84. The van der Waals surface area contributed by atoms with E-state index < -0.39 is 5.91 Å². The lowest BCUT2D eigenvalue weighted by atomic mass is 10.2. The highest BCUT2D eigenvalue weighted by Crippen LogP contribution is 2.32. The first kappa shape index (κ1) is 15.8. The quantitative estimate of drug-likeness (QED) is 0.778. The fraction of sp³-hybridized carbons (Fsp3) is 0.200. The van der Waals surface area contributed by atoms with Gasteiger partial charge in [0.05, 0.1) is 10.7 Å². The molecular formula is C15H12N2O4S2. The summed E-state index contributed by atoms with van der Waals surface area (Å²) in [5.74, 6) is -0.559. The molecule has 2 aliphatic heterocycles. The molecule has 23 heavy (non-hydrogen) atoms. The van der Waals surface area contributed by atoms with Crippen LogP contribution in [0.15, 0.2) is 35.2 Å². The van der Waals surface area contributed by atoms with Crippen molar-refractivity contribution in [2.45, 2.75) is 0 Å². The van der Waals surface area contributed by atoms with Crippen LogP contribution in [-0.2, 0) is 9.59 Å². The summed E-state index contributed by atoms with van der Waals surface area (Å²) in [5, 5.41) is -0.717. The van der Waals surface area contributed by atoms with Crippen LogP contribution in [0.5, 0.6) is 0 Å². The molecule has 0 saturated carbocycles.